The lowest BCUT2D eigenvalue weighted by molar-refractivity contribution is -0.132. The van der Waals surface area contributed by atoms with Crippen LogP contribution in [-0.2, 0) is 16.0 Å². The van der Waals surface area contributed by atoms with E-state index in [4.69, 9.17) is 0 Å². The molecule has 0 bridgehead atoms. The van der Waals surface area contributed by atoms with E-state index < -0.39 is 0 Å². The van der Waals surface area contributed by atoms with Gasteiger partial charge in [0, 0.05) is 52.9 Å². The monoisotopic (exact) mass is 446 g/mol. The maximum Gasteiger partial charge on any atom is 0.222 e. The lowest BCUT2D eigenvalue weighted by Crippen LogP contribution is -2.45. The number of nitrogens with one attached hydrogen (secondary N) is 1. The van der Waals surface area contributed by atoms with Gasteiger partial charge in [-0.25, -0.2) is 4.39 Å². The second-order valence-electron chi connectivity index (χ2n) is 8.24. The van der Waals surface area contributed by atoms with Gasteiger partial charge >= 0.3 is 0 Å². The van der Waals surface area contributed by atoms with E-state index >= 15 is 0 Å². The first kappa shape index (κ1) is 21.4. The van der Waals surface area contributed by atoms with Crippen molar-refractivity contribution in [3.05, 3.63) is 52.5 Å². The molecule has 1 unspecified atom stereocenters. The molecule has 1 N–H and O–H groups in total. The average molecular weight is 447 g/mol. The molecule has 160 valence electrons. The van der Waals surface area contributed by atoms with Gasteiger partial charge in [-0.1, -0.05) is 6.07 Å². The third kappa shape index (κ3) is 5.43. The third-order valence-electron chi connectivity index (χ3n) is 6.06. The number of carbonyl (C=O) groups is 2. The van der Waals surface area contributed by atoms with Gasteiger partial charge in [-0.15, -0.1) is 23.1 Å². The standard InChI is InChI=1S/C23H27FN2O2S2/c24-17-3-5-18(6-4-17)30-19-9-13-26(14-10-19)22(28)8-12-23(11-7-21(27)25-23)16-20-2-1-15-29-20/h1-6,15,19H,7-14,16H2,(H,25,27). The Bertz CT molecular complexity index is 864. The van der Waals surface area contributed by atoms with Gasteiger partial charge in [-0.2, -0.15) is 0 Å². The molecule has 0 aliphatic carbocycles. The predicted molar refractivity (Wildman–Crippen MR) is 119 cm³/mol. The number of thiophene rings is 1. The van der Waals surface area contributed by atoms with Crippen LogP contribution < -0.4 is 5.32 Å². The molecule has 2 amide bonds. The van der Waals surface area contributed by atoms with E-state index in [2.05, 4.69) is 16.8 Å². The summed E-state index contributed by atoms with van der Waals surface area (Å²) in [5, 5.41) is 5.68. The van der Waals surface area contributed by atoms with Crippen molar-refractivity contribution >= 4 is 34.9 Å². The van der Waals surface area contributed by atoms with Crippen LogP contribution in [0.15, 0.2) is 46.7 Å². The zero-order valence-electron chi connectivity index (χ0n) is 16.9. The molecule has 1 aromatic heterocycles. The van der Waals surface area contributed by atoms with E-state index in [9.17, 15) is 14.0 Å². The Labute approximate surface area is 185 Å². The normalized spacial score (nSPS) is 22.3. The summed E-state index contributed by atoms with van der Waals surface area (Å²) in [5.41, 5.74) is -0.283. The van der Waals surface area contributed by atoms with Gasteiger partial charge < -0.3 is 10.2 Å². The number of carbonyl (C=O) groups excluding carboxylic acids is 2. The number of halogens is 1. The summed E-state index contributed by atoms with van der Waals surface area (Å²) < 4.78 is 13.1. The van der Waals surface area contributed by atoms with Crippen molar-refractivity contribution in [2.75, 3.05) is 13.1 Å². The number of rotatable bonds is 7. The fourth-order valence-corrected chi connectivity index (χ4v) is 6.34. The summed E-state index contributed by atoms with van der Waals surface area (Å²) in [5.74, 6) is 0.0691. The van der Waals surface area contributed by atoms with E-state index in [1.165, 1.54) is 17.0 Å². The van der Waals surface area contributed by atoms with Crippen molar-refractivity contribution in [3.63, 3.8) is 0 Å². The summed E-state index contributed by atoms with van der Waals surface area (Å²) in [4.78, 5) is 29.1. The Hall–Kier alpha value is -1.86. The topological polar surface area (TPSA) is 49.4 Å². The number of benzene rings is 1. The predicted octanol–water partition coefficient (Wildman–Crippen LogP) is 4.64. The molecule has 0 radical (unpaired) electrons. The van der Waals surface area contributed by atoms with Crippen LogP contribution >= 0.6 is 23.1 Å². The molecule has 0 saturated carbocycles. The van der Waals surface area contributed by atoms with Gasteiger partial charge in [0.2, 0.25) is 11.8 Å². The maximum absolute atomic E-state index is 13.1. The molecule has 2 aliphatic heterocycles. The van der Waals surface area contributed by atoms with Gasteiger partial charge in [-0.3, -0.25) is 9.59 Å². The molecule has 2 aromatic rings. The van der Waals surface area contributed by atoms with Crippen molar-refractivity contribution in [2.24, 2.45) is 0 Å². The van der Waals surface area contributed by atoms with Gasteiger partial charge in [0.25, 0.3) is 0 Å². The minimum atomic E-state index is -0.283. The van der Waals surface area contributed by atoms with Crippen LogP contribution in [0.25, 0.3) is 0 Å². The molecule has 4 nitrogen and oxygen atoms in total. The van der Waals surface area contributed by atoms with Crippen LogP contribution in [0.4, 0.5) is 4.39 Å². The maximum atomic E-state index is 13.1. The largest absolute Gasteiger partial charge is 0.350 e. The molecule has 2 aliphatic rings. The average Bonchev–Trinajstić information content (AvgIpc) is 3.39. The summed E-state index contributed by atoms with van der Waals surface area (Å²) in [7, 11) is 0. The molecular weight excluding hydrogens is 419 g/mol. The zero-order valence-corrected chi connectivity index (χ0v) is 18.6. The van der Waals surface area contributed by atoms with Gasteiger partial charge in [-0.05, 0) is 61.4 Å². The molecule has 3 heterocycles. The van der Waals surface area contributed by atoms with Crippen molar-refractivity contribution in [3.8, 4) is 0 Å². The number of nitrogens with zero attached hydrogens (tertiary/aromatic N) is 1. The Morgan fingerprint density at radius 3 is 2.63 bits per heavy atom. The fourth-order valence-electron chi connectivity index (χ4n) is 4.36. The number of piperidine rings is 1. The van der Waals surface area contributed by atoms with Gasteiger partial charge in [0.1, 0.15) is 5.82 Å². The van der Waals surface area contributed by atoms with Crippen LogP contribution in [0, 0.1) is 5.82 Å². The molecule has 4 rings (SSSR count). The van der Waals surface area contributed by atoms with Crippen LogP contribution in [-0.4, -0.2) is 40.6 Å². The number of amides is 2. The minimum Gasteiger partial charge on any atom is -0.350 e. The summed E-state index contributed by atoms with van der Waals surface area (Å²) in [6.07, 6.45) is 5.22. The second-order valence-corrected chi connectivity index (χ2v) is 10.6. The van der Waals surface area contributed by atoms with Crippen molar-refractivity contribution in [2.45, 2.75) is 60.6 Å². The highest BCUT2D eigenvalue weighted by Gasteiger charge is 2.38. The minimum absolute atomic E-state index is 0.0950. The third-order valence-corrected chi connectivity index (χ3v) is 8.28. The lowest BCUT2D eigenvalue weighted by Gasteiger charge is -2.33. The van der Waals surface area contributed by atoms with E-state index in [1.54, 1.807) is 23.1 Å². The highest BCUT2D eigenvalue weighted by molar-refractivity contribution is 8.00. The zero-order chi connectivity index (χ0) is 21.0. The smallest absolute Gasteiger partial charge is 0.222 e. The van der Waals surface area contributed by atoms with E-state index in [0.717, 1.165) is 43.7 Å². The number of hydrogen-bond acceptors (Lipinski definition) is 4. The fraction of sp³-hybridized carbons (Fsp3) is 0.478. The second kappa shape index (κ2) is 9.52. The first-order chi connectivity index (χ1) is 14.5. The van der Waals surface area contributed by atoms with Crippen LogP contribution in [0.1, 0.15) is 43.4 Å². The first-order valence-electron chi connectivity index (χ1n) is 10.5. The van der Waals surface area contributed by atoms with E-state index in [1.807, 2.05) is 23.1 Å². The van der Waals surface area contributed by atoms with Crippen molar-refractivity contribution in [1.29, 1.82) is 0 Å². The molecule has 1 aromatic carbocycles. The molecule has 2 fully saturated rings. The Morgan fingerprint density at radius 2 is 2.00 bits per heavy atom. The van der Waals surface area contributed by atoms with Crippen LogP contribution in [0.3, 0.4) is 0 Å². The first-order valence-corrected chi connectivity index (χ1v) is 12.3. The van der Waals surface area contributed by atoms with E-state index in [0.29, 0.717) is 24.5 Å². The molecule has 30 heavy (non-hydrogen) atoms. The van der Waals surface area contributed by atoms with E-state index in [-0.39, 0.29) is 23.2 Å². The number of hydrogen-bond donors (Lipinski definition) is 1. The summed E-state index contributed by atoms with van der Waals surface area (Å²) >= 11 is 3.48. The van der Waals surface area contributed by atoms with Crippen molar-refractivity contribution < 1.29 is 14.0 Å². The number of thioether (sulfide) groups is 1. The molecule has 0 spiro atoms. The molecule has 1 atom stereocenters. The Morgan fingerprint density at radius 1 is 1.23 bits per heavy atom. The lowest BCUT2D eigenvalue weighted by atomic mass is 9.87. The van der Waals surface area contributed by atoms with Gasteiger partial charge in [0.15, 0.2) is 0 Å². The quantitative estimate of drug-likeness (QED) is 0.674. The SMILES string of the molecule is O=C1CCC(CCC(=O)N2CCC(Sc3ccc(F)cc3)CC2)(Cc2cccs2)N1. The summed E-state index contributed by atoms with van der Waals surface area (Å²) in [6, 6.07) is 10.8. The number of likely N-dealkylation sites (tertiary alicyclic amines) is 1. The Balaban J connectivity index is 1.26. The van der Waals surface area contributed by atoms with Crippen LogP contribution in [0.5, 0.6) is 0 Å². The molecule has 2 saturated heterocycles. The van der Waals surface area contributed by atoms with Crippen molar-refractivity contribution in [1.82, 2.24) is 10.2 Å². The molecule has 7 heteroatoms. The highest BCUT2D eigenvalue weighted by Crippen LogP contribution is 2.33. The van der Waals surface area contributed by atoms with Gasteiger partial charge in [0.05, 0.1) is 0 Å². The summed E-state index contributed by atoms with van der Waals surface area (Å²) in [6.45, 7) is 1.53. The molecular formula is C23H27FN2O2S2. The van der Waals surface area contributed by atoms with Crippen LogP contribution in [0.2, 0.25) is 0 Å². The highest BCUT2D eigenvalue weighted by atomic mass is 32.2. The Kier molecular flexibility index (Phi) is 6.78.